The summed E-state index contributed by atoms with van der Waals surface area (Å²) in [6.45, 7) is 1.97. The molecule has 0 fully saturated rings. The molecule has 0 saturated heterocycles. The fourth-order valence-corrected chi connectivity index (χ4v) is 1.85. The minimum Gasteiger partial charge on any atom is -0.495 e. The normalized spacial score (nSPS) is 9.87. The van der Waals surface area contributed by atoms with Crippen LogP contribution in [0, 0.1) is 0 Å². The summed E-state index contributed by atoms with van der Waals surface area (Å²) in [7, 11) is 3.01. The average Bonchev–Trinajstić information content (AvgIpc) is 2.27. The zero-order chi connectivity index (χ0) is 11.4. The molecule has 0 amide bonds. The molecule has 0 aliphatic rings. The molecular weight excluding hydrogens is 216 g/mol. The van der Waals surface area contributed by atoms with Crippen molar-refractivity contribution in [1.29, 1.82) is 0 Å². The quantitative estimate of drug-likeness (QED) is 0.744. The zero-order valence-corrected chi connectivity index (χ0v) is 9.72. The van der Waals surface area contributed by atoms with Gasteiger partial charge in [-0.25, -0.2) is 0 Å². The Kier molecular flexibility index (Phi) is 3.97. The highest BCUT2D eigenvalue weighted by Gasteiger charge is 2.16. The summed E-state index contributed by atoms with van der Waals surface area (Å²) in [6.07, 6.45) is 1.47. The Labute approximate surface area is 93.9 Å². The first-order valence-corrected chi connectivity index (χ1v) is 4.95. The highest BCUT2D eigenvalue weighted by atomic mass is 35.5. The molecule has 82 valence electrons. The summed E-state index contributed by atoms with van der Waals surface area (Å²) < 4.78 is 10.2. The van der Waals surface area contributed by atoms with Crippen LogP contribution in [0.25, 0.3) is 0 Å². The number of benzene rings is 1. The molecule has 0 atom stereocenters. The van der Waals surface area contributed by atoms with E-state index in [1.54, 1.807) is 13.2 Å². The number of methoxy groups -OCH3 is 2. The second-order valence-electron chi connectivity index (χ2n) is 2.98. The third-order valence-corrected chi connectivity index (χ3v) is 2.54. The van der Waals surface area contributed by atoms with Gasteiger partial charge in [0.25, 0.3) is 0 Å². The van der Waals surface area contributed by atoms with E-state index in [-0.39, 0.29) is 0 Å². The van der Waals surface area contributed by atoms with E-state index in [0.717, 1.165) is 18.3 Å². The second kappa shape index (κ2) is 5.03. The highest BCUT2D eigenvalue weighted by molar-refractivity contribution is 6.34. The van der Waals surface area contributed by atoms with Gasteiger partial charge in [0.15, 0.2) is 12.0 Å². The summed E-state index contributed by atoms with van der Waals surface area (Å²) in [5.74, 6) is 0.933. The van der Waals surface area contributed by atoms with Gasteiger partial charge in [-0.2, -0.15) is 0 Å². The number of halogens is 1. The molecule has 1 aromatic carbocycles. The van der Waals surface area contributed by atoms with Crippen molar-refractivity contribution in [3.8, 4) is 11.5 Å². The molecule has 4 heteroatoms. The molecule has 15 heavy (non-hydrogen) atoms. The lowest BCUT2D eigenvalue weighted by Crippen LogP contribution is -1.98. The van der Waals surface area contributed by atoms with Crippen LogP contribution in [0.4, 0.5) is 0 Å². The molecule has 0 unspecified atom stereocenters. The average molecular weight is 229 g/mol. The molecule has 0 N–H and O–H groups in total. The van der Waals surface area contributed by atoms with Crippen LogP contribution < -0.4 is 9.47 Å². The molecule has 0 heterocycles. The molecule has 0 radical (unpaired) electrons. The van der Waals surface area contributed by atoms with E-state index < -0.39 is 0 Å². The van der Waals surface area contributed by atoms with Crippen molar-refractivity contribution in [2.75, 3.05) is 14.2 Å². The van der Waals surface area contributed by atoms with Crippen molar-refractivity contribution in [2.45, 2.75) is 13.3 Å². The van der Waals surface area contributed by atoms with Crippen molar-refractivity contribution in [1.82, 2.24) is 0 Å². The van der Waals surface area contributed by atoms with Crippen LogP contribution in [0.3, 0.4) is 0 Å². The lowest BCUT2D eigenvalue weighted by Gasteiger charge is -2.13. The molecule has 0 saturated carbocycles. The Balaban J connectivity index is 3.48. The minimum absolute atomic E-state index is 0.349. The Bertz CT molecular complexity index is 375. The smallest absolute Gasteiger partial charge is 0.153 e. The third kappa shape index (κ3) is 2.07. The number of carbonyl (C=O) groups excluding carboxylic acids is 1. The number of ether oxygens (including phenoxy) is 2. The van der Waals surface area contributed by atoms with Gasteiger partial charge in [-0.3, -0.25) is 4.79 Å². The van der Waals surface area contributed by atoms with Gasteiger partial charge in [0.2, 0.25) is 0 Å². The zero-order valence-electron chi connectivity index (χ0n) is 8.96. The lowest BCUT2D eigenvalue weighted by molar-refractivity contribution is 0.112. The first-order chi connectivity index (χ1) is 7.19. The molecule has 3 nitrogen and oxygen atoms in total. The van der Waals surface area contributed by atoms with Crippen molar-refractivity contribution in [3.63, 3.8) is 0 Å². The van der Waals surface area contributed by atoms with E-state index in [9.17, 15) is 4.79 Å². The van der Waals surface area contributed by atoms with E-state index in [2.05, 4.69) is 0 Å². The van der Waals surface area contributed by atoms with Gasteiger partial charge in [-0.1, -0.05) is 18.5 Å². The van der Waals surface area contributed by atoms with E-state index in [1.165, 1.54) is 7.11 Å². The molecule has 0 spiro atoms. The van der Waals surface area contributed by atoms with Gasteiger partial charge >= 0.3 is 0 Å². The topological polar surface area (TPSA) is 35.5 Å². The summed E-state index contributed by atoms with van der Waals surface area (Å²) >= 11 is 6.07. The van der Waals surface area contributed by atoms with Gasteiger partial charge in [0.1, 0.15) is 10.8 Å². The number of hydrogen-bond acceptors (Lipinski definition) is 3. The van der Waals surface area contributed by atoms with Crippen LogP contribution in [0.2, 0.25) is 5.02 Å². The SMILES string of the molecule is CCc1cc(C=O)c(OC)c(Cl)c1OC. The number of carbonyl (C=O) groups is 1. The summed E-state index contributed by atoms with van der Waals surface area (Å²) in [4.78, 5) is 10.8. The van der Waals surface area contributed by atoms with Gasteiger partial charge in [0, 0.05) is 0 Å². The molecule has 0 bridgehead atoms. The Morgan fingerprint density at radius 2 is 1.93 bits per heavy atom. The van der Waals surface area contributed by atoms with E-state index in [4.69, 9.17) is 21.1 Å². The van der Waals surface area contributed by atoms with Gasteiger partial charge in [-0.15, -0.1) is 0 Å². The molecular formula is C11H13ClO3. The first kappa shape index (κ1) is 11.9. The first-order valence-electron chi connectivity index (χ1n) is 4.58. The predicted octanol–water partition coefficient (Wildman–Crippen LogP) is 2.73. The van der Waals surface area contributed by atoms with E-state index in [0.29, 0.717) is 22.1 Å². The standard InChI is InChI=1S/C11H13ClO3/c1-4-7-5-8(6-13)11(15-3)9(12)10(7)14-2/h5-6H,4H2,1-3H3. The van der Waals surface area contributed by atoms with Crippen LogP contribution in [-0.4, -0.2) is 20.5 Å². The van der Waals surface area contributed by atoms with Crippen LogP contribution in [0.1, 0.15) is 22.8 Å². The number of rotatable bonds is 4. The molecule has 1 aromatic rings. The predicted molar refractivity (Wildman–Crippen MR) is 59.3 cm³/mol. The Morgan fingerprint density at radius 3 is 2.33 bits per heavy atom. The summed E-state index contributed by atoms with van der Waals surface area (Å²) in [6, 6.07) is 1.73. The van der Waals surface area contributed by atoms with Crippen LogP contribution >= 0.6 is 11.6 Å². The Hall–Kier alpha value is -1.22. The van der Waals surface area contributed by atoms with Crippen molar-refractivity contribution >= 4 is 17.9 Å². The van der Waals surface area contributed by atoms with Gasteiger partial charge in [0.05, 0.1) is 19.8 Å². The maximum atomic E-state index is 10.8. The van der Waals surface area contributed by atoms with Crippen LogP contribution in [0.15, 0.2) is 6.07 Å². The maximum absolute atomic E-state index is 10.8. The van der Waals surface area contributed by atoms with Crippen molar-refractivity contribution in [2.24, 2.45) is 0 Å². The molecule has 0 aliphatic heterocycles. The lowest BCUT2D eigenvalue weighted by atomic mass is 10.1. The number of aryl methyl sites for hydroxylation is 1. The van der Waals surface area contributed by atoms with Crippen molar-refractivity contribution < 1.29 is 14.3 Å². The Morgan fingerprint density at radius 1 is 1.33 bits per heavy atom. The summed E-state index contributed by atoms with van der Waals surface area (Å²) in [5, 5.41) is 0.349. The minimum atomic E-state index is 0.349. The summed E-state index contributed by atoms with van der Waals surface area (Å²) in [5.41, 5.74) is 1.34. The van der Waals surface area contributed by atoms with Gasteiger partial charge < -0.3 is 9.47 Å². The van der Waals surface area contributed by atoms with E-state index >= 15 is 0 Å². The molecule has 1 rings (SSSR count). The number of hydrogen-bond donors (Lipinski definition) is 0. The molecule has 0 aliphatic carbocycles. The van der Waals surface area contributed by atoms with Crippen LogP contribution in [-0.2, 0) is 6.42 Å². The third-order valence-electron chi connectivity index (χ3n) is 2.20. The van der Waals surface area contributed by atoms with Gasteiger partial charge in [-0.05, 0) is 18.1 Å². The fraction of sp³-hybridized carbons (Fsp3) is 0.364. The maximum Gasteiger partial charge on any atom is 0.153 e. The largest absolute Gasteiger partial charge is 0.495 e. The van der Waals surface area contributed by atoms with E-state index in [1.807, 2.05) is 6.92 Å². The second-order valence-corrected chi connectivity index (χ2v) is 3.35. The monoisotopic (exact) mass is 228 g/mol. The fourth-order valence-electron chi connectivity index (χ4n) is 1.47. The van der Waals surface area contributed by atoms with Crippen molar-refractivity contribution in [3.05, 3.63) is 22.2 Å². The molecule has 0 aromatic heterocycles. The number of aldehydes is 1. The van der Waals surface area contributed by atoms with Crippen LogP contribution in [0.5, 0.6) is 11.5 Å². The highest BCUT2D eigenvalue weighted by Crippen LogP contribution is 2.39.